The Morgan fingerprint density at radius 1 is 1.05 bits per heavy atom. The molecule has 0 saturated heterocycles. The molecule has 1 aliphatic heterocycles. The molecule has 40 heavy (non-hydrogen) atoms. The Bertz CT molecular complexity index is 1760. The highest BCUT2D eigenvalue weighted by molar-refractivity contribution is 7.08. The summed E-state index contributed by atoms with van der Waals surface area (Å²) in [4.78, 5) is 30.2. The van der Waals surface area contributed by atoms with Gasteiger partial charge in [-0.05, 0) is 72.0 Å². The fourth-order valence-electron chi connectivity index (χ4n) is 5.78. The maximum Gasteiger partial charge on any atom is 0.227 e. The van der Waals surface area contributed by atoms with Crippen LogP contribution in [0.4, 0.5) is 5.69 Å². The van der Waals surface area contributed by atoms with Gasteiger partial charge in [-0.3, -0.25) is 19.9 Å². The Balaban J connectivity index is 1.22. The van der Waals surface area contributed by atoms with Crippen molar-refractivity contribution in [2.24, 2.45) is 10.9 Å². The summed E-state index contributed by atoms with van der Waals surface area (Å²) < 4.78 is 0. The van der Waals surface area contributed by atoms with Gasteiger partial charge in [0, 0.05) is 52.3 Å². The number of pyridine rings is 2. The molecule has 6 heterocycles. The summed E-state index contributed by atoms with van der Waals surface area (Å²) in [5.74, 6) is 0.175. The summed E-state index contributed by atoms with van der Waals surface area (Å²) in [6.45, 7) is 2.10. The number of carbonyl (C=O) groups excluding carboxylic acids is 1. The molecule has 3 N–H and O–H groups in total. The summed E-state index contributed by atoms with van der Waals surface area (Å²) in [6, 6.07) is 8.35. The number of thiophene rings is 1. The van der Waals surface area contributed by atoms with E-state index in [0.29, 0.717) is 11.3 Å². The van der Waals surface area contributed by atoms with Crippen LogP contribution in [-0.2, 0) is 4.79 Å². The minimum atomic E-state index is -0.00311. The summed E-state index contributed by atoms with van der Waals surface area (Å²) in [5, 5.41) is 15.9. The first kappa shape index (κ1) is 24.7. The van der Waals surface area contributed by atoms with E-state index in [0.717, 1.165) is 70.4 Å². The van der Waals surface area contributed by atoms with Gasteiger partial charge in [-0.25, -0.2) is 4.98 Å². The maximum absolute atomic E-state index is 12.8. The fraction of sp³-hybridized carbons (Fsp3) is 0.258. The summed E-state index contributed by atoms with van der Waals surface area (Å²) in [5.41, 5.74) is 9.46. The van der Waals surface area contributed by atoms with Gasteiger partial charge in [0.25, 0.3) is 0 Å². The molecule has 1 saturated carbocycles. The predicted molar refractivity (Wildman–Crippen MR) is 160 cm³/mol. The number of hydrogen-bond acceptors (Lipinski definition) is 6. The van der Waals surface area contributed by atoms with Crippen LogP contribution in [0, 0.1) is 5.92 Å². The number of fused-ring (bicyclic) bond motifs is 2. The first-order chi connectivity index (χ1) is 19.6. The average Bonchev–Trinajstić information content (AvgIpc) is 3.74. The zero-order chi connectivity index (χ0) is 27.1. The third kappa shape index (κ3) is 4.56. The number of rotatable bonds is 5. The second-order valence-electron chi connectivity index (χ2n) is 10.6. The lowest BCUT2D eigenvalue weighted by molar-refractivity contribution is -0.120. The van der Waals surface area contributed by atoms with Gasteiger partial charge in [-0.2, -0.15) is 16.4 Å². The van der Waals surface area contributed by atoms with Crippen LogP contribution in [0.2, 0.25) is 0 Å². The molecule has 200 valence electrons. The van der Waals surface area contributed by atoms with Crippen molar-refractivity contribution < 1.29 is 4.79 Å². The number of carbonyl (C=O) groups is 1. The van der Waals surface area contributed by atoms with Crippen LogP contribution in [0.25, 0.3) is 39.1 Å². The highest BCUT2D eigenvalue weighted by Crippen LogP contribution is 2.38. The molecule has 5 aromatic heterocycles. The Morgan fingerprint density at radius 3 is 2.77 bits per heavy atom. The minimum absolute atomic E-state index is 0.00311. The lowest BCUT2D eigenvalue weighted by Crippen LogP contribution is -2.24. The largest absolute Gasteiger partial charge is 0.355 e. The molecule has 1 atom stereocenters. The zero-order valence-electron chi connectivity index (χ0n) is 22.1. The van der Waals surface area contributed by atoms with Gasteiger partial charge < -0.3 is 10.3 Å². The molecule has 5 aromatic rings. The van der Waals surface area contributed by atoms with Crippen LogP contribution in [0.3, 0.4) is 0 Å². The normalized spacial score (nSPS) is 17.4. The second kappa shape index (κ2) is 10.3. The average molecular weight is 548 g/mol. The molecular formula is C31H29N7OS. The summed E-state index contributed by atoms with van der Waals surface area (Å²) in [6.07, 6.45) is 14.7. The van der Waals surface area contributed by atoms with Crippen LogP contribution in [-0.4, -0.2) is 37.3 Å². The van der Waals surface area contributed by atoms with E-state index in [1.54, 1.807) is 29.9 Å². The fourth-order valence-corrected chi connectivity index (χ4v) is 6.43. The molecule has 0 aromatic carbocycles. The van der Waals surface area contributed by atoms with Crippen LogP contribution in [0.15, 0.2) is 64.7 Å². The number of aromatic amines is 2. The van der Waals surface area contributed by atoms with E-state index in [9.17, 15) is 4.79 Å². The molecule has 0 spiro atoms. The van der Waals surface area contributed by atoms with Crippen LogP contribution in [0.5, 0.6) is 0 Å². The minimum Gasteiger partial charge on any atom is -0.355 e. The van der Waals surface area contributed by atoms with E-state index in [1.807, 2.05) is 12.3 Å². The molecule has 1 aliphatic carbocycles. The third-order valence-electron chi connectivity index (χ3n) is 7.93. The van der Waals surface area contributed by atoms with E-state index >= 15 is 0 Å². The van der Waals surface area contributed by atoms with Gasteiger partial charge >= 0.3 is 0 Å². The Morgan fingerprint density at radius 2 is 1.93 bits per heavy atom. The van der Waals surface area contributed by atoms with Gasteiger partial charge in [0.1, 0.15) is 0 Å². The molecule has 7 rings (SSSR count). The van der Waals surface area contributed by atoms with Crippen molar-refractivity contribution in [2.45, 2.75) is 45.1 Å². The Labute approximate surface area is 235 Å². The molecule has 9 heteroatoms. The smallest absolute Gasteiger partial charge is 0.227 e. The standard InChI is InChI=1S/C31H29N7OS/c1-18-28-25(24(7-9-33-18)20-8-10-40-17-20)13-27(36-28)29-26-12-22(15-34-30(26)38-37-29)21-11-23(16-32-14-21)35-31(39)19-5-3-2-4-6-19/h7-19,36H,2-6H2,1H3,(H,35,39)(H,34,37,38). The first-order valence-electron chi connectivity index (χ1n) is 13.7. The highest BCUT2D eigenvalue weighted by atomic mass is 32.1. The molecule has 1 unspecified atom stereocenters. The van der Waals surface area contributed by atoms with E-state index in [1.165, 1.54) is 12.0 Å². The van der Waals surface area contributed by atoms with Gasteiger partial charge in [0.05, 0.1) is 29.3 Å². The topological polar surface area (TPSA) is 112 Å². The number of H-pyrrole nitrogens is 2. The zero-order valence-corrected chi connectivity index (χ0v) is 23.0. The number of amides is 1. The van der Waals surface area contributed by atoms with Crippen LogP contribution < -0.4 is 5.32 Å². The van der Waals surface area contributed by atoms with Crippen LogP contribution in [0.1, 0.15) is 61.9 Å². The first-order valence-corrected chi connectivity index (χ1v) is 14.7. The summed E-state index contributed by atoms with van der Waals surface area (Å²) in [7, 11) is 0. The van der Waals surface area contributed by atoms with Crippen molar-refractivity contribution >= 4 is 45.8 Å². The third-order valence-corrected chi connectivity index (χ3v) is 8.62. The van der Waals surface area contributed by atoms with Gasteiger partial charge in [0.15, 0.2) is 5.65 Å². The van der Waals surface area contributed by atoms with Gasteiger partial charge in [-0.15, -0.1) is 0 Å². The SMILES string of the molecule is CC1N=CC=C(c2ccsc2)c2cc(-c3[nH]nc4ncc(-c5cncc(NC(=O)C6CCCCC6)c5)cc34)[nH]c21. The van der Waals surface area contributed by atoms with E-state index < -0.39 is 0 Å². The van der Waals surface area contributed by atoms with E-state index in [4.69, 9.17) is 0 Å². The molecule has 8 nitrogen and oxygen atoms in total. The molecule has 2 aliphatic rings. The van der Waals surface area contributed by atoms with Crippen LogP contribution >= 0.6 is 11.3 Å². The lowest BCUT2D eigenvalue weighted by atomic mass is 9.88. The predicted octanol–water partition coefficient (Wildman–Crippen LogP) is 7.17. The van der Waals surface area contributed by atoms with Crippen molar-refractivity contribution in [3.05, 3.63) is 76.5 Å². The molecule has 1 fully saturated rings. The maximum atomic E-state index is 12.8. The Kier molecular flexibility index (Phi) is 6.36. The summed E-state index contributed by atoms with van der Waals surface area (Å²) >= 11 is 1.68. The molecule has 1 amide bonds. The number of aliphatic imine (C=N–C) groups is 1. The van der Waals surface area contributed by atoms with Crippen molar-refractivity contribution in [1.82, 2.24) is 25.1 Å². The monoisotopic (exact) mass is 547 g/mol. The number of nitrogens with zero attached hydrogens (tertiary/aromatic N) is 4. The number of aromatic nitrogens is 5. The lowest BCUT2D eigenvalue weighted by Gasteiger charge is -2.20. The van der Waals surface area contributed by atoms with Gasteiger partial charge in [0.2, 0.25) is 5.91 Å². The van der Waals surface area contributed by atoms with Gasteiger partial charge in [-0.1, -0.05) is 19.3 Å². The molecular weight excluding hydrogens is 518 g/mol. The van der Waals surface area contributed by atoms with Crippen molar-refractivity contribution in [3.63, 3.8) is 0 Å². The van der Waals surface area contributed by atoms with Crippen molar-refractivity contribution in [2.75, 3.05) is 5.32 Å². The second-order valence-corrected chi connectivity index (χ2v) is 11.3. The van der Waals surface area contributed by atoms with Crippen molar-refractivity contribution in [3.8, 4) is 22.5 Å². The van der Waals surface area contributed by atoms with E-state index in [-0.39, 0.29) is 17.9 Å². The van der Waals surface area contributed by atoms with Crippen molar-refractivity contribution in [1.29, 1.82) is 0 Å². The molecule has 0 bridgehead atoms. The highest BCUT2D eigenvalue weighted by Gasteiger charge is 2.23. The van der Waals surface area contributed by atoms with E-state index in [2.05, 4.69) is 77.4 Å². The number of anilines is 1. The number of nitrogens with one attached hydrogen (secondary N) is 3. The quantitative estimate of drug-likeness (QED) is 0.216. The number of allylic oxidation sites excluding steroid dienone is 1. The molecule has 0 radical (unpaired) electrons. The number of hydrogen-bond donors (Lipinski definition) is 3. The Hall–Kier alpha value is -4.37.